The first-order valence-corrected chi connectivity index (χ1v) is 7.29. The third-order valence-corrected chi connectivity index (χ3v) is 4.45. The van der Waals surface area contributed by atoms with E-state index in [1.165, 1.54) is 11.2 Å². The molecule has 3 N–H and O–H groups in total. The van der Waals surface area contributed by atoms with Gasteiger partial charge >= 0.3 is 0 Å². The van der Waals surface area contributed by atoms with Gasteiger partial charge in [-0.25, -0.2) is 9.97 Å². The summed E-state index contributed by atoms with van der Waals surface area (Å²) in [6, 6.07) is 4.25. The third-order valence-electron chi connectivity index (χ3n) is 3.22. The summed E-state index contributed by atoms with van der Waals surface area (Å²) < 4.78 is 0. The molecule has 19 heavy (non-hydrogen) atoms. The first kappa shape index (κ1) is 13.8. The summed E-state index contributed by atoms with van der Waals surface area (Å²) >= 11 is 1.78. The van der Waals surface area contributed by atoms with Crippen LogP contribution in [0.4, 0.5) is 11.6 Å². The molecule has 102 valence electrons. The van der Waals surface area contributed by atoms with Gasteiger partial charge in [0.25, 0.3) is 0 Å². The number of nitrogens with one attached hydrogen (secondary N) is 1. The molecule has 0 bridgehead atoms. The first-order chi connectivity index (χ1) is 9.04. The van der Waals surface area contributed by atoms with E-state index in [9.17, 15) is 0 Å². The van der Waals surface area contributed by atoms with Crippen molar-refractivity contribution in [1.29, 1.82) is 0 Å². The van der Waals surface area contributed by atoms with Gasteiger partial charge in [0.05, 0.1) is 0 Å². The molecule has 0 spiro atoms. The second-order valence-electron chi connectivity index (χ2n) is 5.15. The molecule has 2 aromatic heterocycles. The Morgan fingerprint density at radius 1 is 1.37 bits per heavy atom. The Labute approximate surface area is 118 Å². The van der Waals surface area contributed by atoms with Crippen LogP contribution in [0, 0.1) is 0 Å². The quantitative estimate of drug-likeness (QED) is 0.881. The van der Waals surface area contributed by atoms with E-state index >= 15 is 0 Å². The predicted octanol–water partition coefficient (Wildman–Crippen LogP) is 3.07. The van der Waals surface area contributed by atoms with Crippen LogP contribution < -0.4 is 11.1 Å². The lowest BCUT2D eigenvalue weighted by molar-refractivity contribution is 0.568. The Kier molecular flexibility index (Phi) is 4.04. The molecular weight excluding hydrogens is 256 g/mol. The van der Waals surface area contributed by atoms with E-state index in [0.29, 0.717) is 5.82 Å². The van der Waals surface area contributed by atoms with Crippen LogP contribution in [0.3, 0.4) is 0 Å². The van der Waals surface area contributed by atoms with Crippen LogP contribution in [0.15, 0.2) is 23.8 Å². The lowest BCUT2D eigenvalue weighted by Crippen LogP contribution is -2.27. The first-order valence-electron chi connectivity index (χ1n) is 6.42. The van der Waals surface area contributed by atoms with Crippen LogP contribution in [0.5, 0.6) is 0 Å². The molecule has 2 aromatic rings. The van der Waals surface area contributed by atoms with Gasteiger partial charge in [-0.15, -0.1) is 11.3 Å². The van der Waals surface area contributed by atoms with Crippen molar-refractivity contribution in [2.75, 3.05) is 17.6 Å². The number of thiophene rings is 1. The highest BCUT2D eigenvalue weighted by Crippen LogP contribution is 2.28. The molecule has 2 rings (SSSR count). The van der Waals surface area contributed by atoms with Gasteiger partial charge in [-0.05, 0) is 17.9 Å². The van der Waals surface area contributed by atoms with Crippen LogP contribution >= 0.6 is 11.3 Å². The largest absolute Gasteiger partial charge is 0.383 e. The molecule has 0 aliphatic carbocycles. The second kappa shape index (κ2) is 5.57. The minimum atomic E-state index is 0.0683. The van der Waals surface area contributed by atoms with E-state index in [1.54, 1.807) is 11.3 Å². The molecule has 0 aliphatic rings. The van der Waals surface area contributed by atoms with Crippen LogP contribution in [-0.2, 0) is 11.8 Å². The number of anilines is 2. The SMILES string of the molecule is CCc1c(N)ncnc1NCC(C)(C)c1cccs1. The van der Waals surface area contributed by atoms with Crippen molar-refractivity contribution in [2.24, 2.45) is 0 Å². The maximum absolute atomic E-state index is 5.88. The molecule has 0 unspecified atom stereocenters. The summed E-state index contributed by atoms with van der Waals surface area (Å²) in [4.78, 5) is 9.69. The summed E-state index contributed by atoms with van der Waals surface area (Å²) in [5.74, 6) is 1.41. The van der Waals surface area contributed by atoms with Crippen LogP contribution in [0.2, 0.25) is 0 Å². The zero-order valence-corrected chi connectivity index (χ0v) is 12.4. The van der Waals surface area contributed by atoms with Gasteiger partial charge in [0, 0.05) is 22.4 Å². The van der Waals surface area contributed by atoms with Crippen molar-refractivity contribution < 1.29 is 0 Å². The lowest BCUT2D eigenvalue weighted by Gasteiger charge is -2.24. The summed E-state index contributed by atoms with van der Waals surface area (Å²) in [6.45, 7) is 7.33. The van der Waals surface area contributed by atoms with Gasteiger partial charge < -0.3 is 11.1 Å². The fourth-order valence-electron chi connectivity index (χ4n) is 1.98. The zero-order chi connectivity index (χ0) is 13.9. The smallest absolute Gasteiger partial charge is 0.134 e. The minimum Gasteiger partial charge on any atom is -0.383 e. The van der Waals surface area contributed by atoms with E-state index in [0.717, 1.165) is 24.3 Å². The molecule has 0 fully saturated rings. The number of aromatic nitrogens is 2. The number of nitrogens with zero attached hydrogens (tertiary/aromatic N) is 2. The van der Waals surface area contributed by atoms with E-state index < -0.39 is 0 Å². The minimum absolute atomic E-state index is 0.0683. The Morgan fingerprint density at radius 3 is 2.79 bits per heavy atom. The average molecular weight is 276 g/mol. The van der Waals surface area contributed by atoms with Crippen LogP contribution in [0.1, 0.15) is 31.2 Å². The van der Waals surface area contributed by atoms with E-state index in [-0.39, 0.29) is 5.41 Å². The van der Waals surface area contributed by atoms with Gasteiger partial charge in [0.2, 0.25) is 0 Å². The Morgan fingerprint density at radius 2 is 2.16 bits per heavy atom. The molecular formula is C14H20N4S. The molecule has 0 saturated carbocycles. The molecule has 0 amide bonds. The van der Waals surface area contributed by atoms with Gasteiger partial charge in [-0.1, -0.05) is 26.8 Å². The van der Waals surface area contributed by atoms with Crippen molar-refractivity contribution >= 4 is 23.0 Å². The van der Waals surface area contributed by atoms with Crippen molar-refractivity contribution in [1.82, 2.24) is 9.97 Å². The van der Waals surface area contributed by atoms with E-state index in [4.69, 9.17) is 5.73 Å². The molecule has 0 radical (unpaired) electrons. The van der Waals surface area contributed by atoms with Gasteiger partial charge in [0.1, 0.15) is 18.0 Å². The fraction of sp³-hybridized carbons (Fsp3) is 0.429. The molecule has 5 heteroatoms. The van der Waals surface area contributed by atoms with Gasteiger partial charge in [-0.2, -0.15) is 0 Å². The van der Waals surface area contributed by atoms with E-state index in [1.807, 2.05) is 0 Å². The molecule has 0 saturated heterocycles. The normalized spacial score (nSPS) is 11.5. The topological polar surface area (TPSA) is 63.8 Å². The predicted molar refractivity (Wildman–Crippen MR) is 81.7 cm³/mol. The summed E-state index contributed by atoms with van der Waals surface area (Å²) in [5.41, 5.74) is 6.94. The molecule has 0 aliphatic heterocycles. The zero-order valence-electron chi connectivity index (χ0n) is 11.6. The molecule has 2 heterocycles. The molecule has 4 nitrogen and oxygen atoms in total. The van der Waals surface area contributed by atoms with E-state index in [2.05, 4.69) is 53.6 Å². The Bertz CT molecular complexity index is 534. The number of nitrogen functional groups attached to an aromatic ring is 1. The summed E-state index contributed by atoms with van der Waals surface area (Å²) in [7, 11) is 0. The Balaban J connectivity index is 2.13. The number of hydrogen-bond acceptors (Lipinski definition) is 5. The fourth-order valence-corrected chi connectivity index (χ4v) is 2.83. The van der Waals surface area contributed by atoms with Crippen LogP contribution in [-0.4, -0.2) is 16.5 Å². The third kappa shape index (κ3) is 3.04. The summed E-state index contributed by atoms with van der Waals surface area (Å²) in [6.07, 6.45) is 2.34. The number of hydrogen-bond donors (Lipinski definition) is 2. The Hall–Kier alpha value is -1.62. The number of rotatable bonds is 5. The highest BCUT2D eigenvalue weighted by atomic mass is 32.1. The van der Waals surface area contributed by atoms with Crippen molar-refractivity contribution in [3.05, 3.63) is 34.3 Å². The maximum Gasteiger partial charge on any atom is 0.134 e. The number of nitrogens with two attached hydrogens (primary N) is 1. The second-order valence-corrected chi connectivity index (χ2v) is 6.10. The monoisotopic (exact) mass is 276 g/mol. The lowest BCUT2D eigenvalue weighted by atomic mass is 9.91. The summed E-state index contributed by atoms with van der Waals surface area (Å²) in [5, 5.41) is 5.52. The van der Waals surface area contributed by atoms with Gasteiger partial charge in [-0.3, -0.25) is 0 Å². The average Bonchev–Trinajstić information content (AvgIpc) is 2.91. The van der Waals surface area contributed by atoms with Gasteiger partial charge in [0.15, 0.2) is 0 Å². The van der Waals surface area contributed by atoms with Crippen LogP contribution in [0.25, 0.3) is 0 Å². The van der Waals surface area contributed by atoms with Crippen molar-refractivity contribution in [3.63, 3.8) is 0 Å². The van der Waals surface area contributed by atoms with Crippen molar-refractivity contribution in [3.8, 4) is 0 Å². The maximum atomic E-state index is 5.88. The van der Waals surface area contributed by atoms with Crippen molar-refractivity contribution in [2.45, 2.75) is 32.6 Å². The molecule has 0 aromatic carbocycles. The highest BCUT2D eigenvalue weighted by Gasteiger charge is 2.22. The highest BCUT2D eigenvalue weighted by molar-refractivity contribution is 7.10. The molecule has 0 atom stereocenters. The standard InChI is InChI=1S/C14H20N4S/c1-4-10-12(15)17-9-18-13(10)16-8-14(2,3)11-6-5-7-19-11/h5-7,9H,4,8H2,1-3H3,(H3,15,16,17,18).